The fourth-order valence-electron chi connectivity index (χ4n) is 5.84. The smallest absolute Gasteiger partial charge is 0.248 e. The van der Waals surface area contributed by atoms with Crippen LogP contribution in [-0.2, 0) is 38.2 Å². The number of rotatable bonds is 14. The van der Waals surface area contributed by atoms with Crippen molar-refractivity contribution in [3.05, 3.63) is 76.0 Å². The molecule has 6 aromatic rings. The van der Waals surface area contributed by atoms with Crippen LogP contribution in [0.15, 0.2) is 55.4 Å². The first-order chi connectivity index (χ1) is 41.1. The largest absolute Gasteiger partial charge is 0.473 e. The Morgan fingerprint density at radius 2 is 1.14 bits per heavy atom. The number of nitrogens with two attached hydrogens (primary N) is 1. The molecular weight excluding hydrogens is 1280 g/mol. The van der Waals surface area contributed by atoms with Crippen molar-refractivity contribution in [2.75, 3.05) is 112 Å². The van der Waals surface area contributed by atoms with Gasteiger partial charge in [0.25, 0.3) is 0 Å². The molecule has 0 spiro atoms. The van der Waals surface area contributed by atoms with Gasteiger partial charge in [-0.25, -0.2) is 19.9 Å². The lowest BCUT2D eigenvalue weighted by molar-refractivity contribution is -0.148. The fourth-order valence-corrected chi connectivity index (χ4v) is 6.77. The number of amides is 4. The van der Waals surface area contributed by atoms with Gasteiger partial charge in [-0.05, 0) is 11.6 Å². The van der Waals surface area contributed by atoms with E-state index in [0.29, 0.717) is 69.6 Å². The Morgan fingerprint density at radius 3 is 1.54 bits per heavy atom. The molecule has 37 heteroatoms. The molecule has 3 saturated heterocycles. The molecule has 3 aliphatic rings. The number of hydrogen-bond acceptors (Lipinski definition) is 25. The van der Waals surface area contributed by atoms with E-state index in [9.17, 15) is 28.4 Å². The SMILES string of the molecule is CN1C[C@@H](COc2nc(Cl)cc3nccnc23)OCC1=O.Clc1cc2nccnc2c(Cl)n1.NC[C@H](O)CO.O=C(CCl)NC[C@H](O)CO.O=C(Cl)CCl.O=C1CO[C@H](CO)CN1.O=C1CO[C@H](COc2nc(Cl)cc3nccnc23)CN1.[2H]CF. The lowest BCUT2D eigenvalue weighted by Gasteiger charge is -2.29. The number of aliphatic hydroxyl groups is 5. The van der Waals surface area contributed by atoms with Crippen LogP contribution in [0.5, 0.6) is 11.8 Å². The van der Waals surface area contributed by atoms with Crippen molar-refractivity contribution in [1.29, 1.82) is 0 Å². The van der Waals surface area contributed by atoms with Crippen LogP contribution in [0.2, 0.25) is 20.6 Å². The van der Waals surface area contributed by atoms with Gasteiger partial charge in [0, 0.05) is 95.2 Å². The number of carbonyl (C=O) groups excluding carboxylic acids is 5. The maximum atomic E-state index is 11.3. The van der Waals surface area contributed by atoms with Crippen molar-refractivity contribution < 1.29 is 79.0 Å². The van der Waals surface area contributed by atoms with Crippen LogP contribution in [0.4, 0.5) is 4.39 Å². The van der Waals surface area contributed by atoms with Gasteiger partial charge in [-0.1, -0.05) is 46.4 Å². The van der Waals surface area contributed by atoms with Crippen LogP contribution in [0.25, 0.3) is 33.1 Å². The summed E-state index contributed by atoms with van der Waals surface area (Å²) in [5.41, 5.74) is 8.41. The molecule has 468 valence electrons. The maximum Gasteiger partial charge on any atom is 0.248 e. The second-order valence-electron chi connectivity index (χ2n) is 16.3. The first-order valence-corrected chi connectivity index (χ1v) is 27.3. The van der Waals surface area contributed by atoms with Gasteiger partial charge in [-0.2, -0.15) is 9.97 Å². The Balaban J connectivity index is 0.000000358. The number of morpholine rings is 3. The topological polar surface area (TPSA) is 414 Å². The van der Waals surface area contributed by atoms with Gasteiger partial charge in [0.05, 0.1) is 69.1 Å². The van der Waals surface area contributed by atoms with Crippen molar-refractivity contribution in [2.45, 2.75) is 30.5 Å². The Kier molecular flexibility index (Phi) is 37.1. The van der Waals surface area contributed by atoms with E-state index in [2.05, 4.69) is 60.8 Å². The zero-order valence-electron chi connectivity index (χ0n) is 45.8. The van der Waals surface area contributed by atoms with Crippen molar-refractivity contribution in [2.24, 2.45) is 5.73 Å². The summed E-state index contributed by atoms with van der Waals surface area (Å²) in [4.78, 5) is 91.0. The lowest BCUT2D eigenvalue weighted by atomic mass is 10.3. The van der Waals surface area contributed by atoms with Gasteiger partial charge in [0.15, 0.2) is 16.2 Å². The Hall–Kier alpha value is -5.78. The number of aliphatic hydroxyl groups excluding tert-OH is 5. The van der Waals surface area contributed by atoms with Crippen molar-refractivity contribution in [3.8, 4) is 11.8 Å². The third-order valence-electron chi connectivity index (χ3n) is 9.94. The predicted octanol–water partition coefficient (Wildman–Crippen LogP) is 0.881. The molecule has 0 aliphatic carbocycles. The Morgan fingerprint density at radius 1 is 0.718 bits per heavy atom. The van der Waals surface area contributed by atoms with Gasteiger partial charge >= 0.3 is 0 Å². The zero-order chi connectivity index (χ0) is 64.0. The number of nitrogens with one attached hydrogen (secondary N) is 3. The van der Waals surface area contributed by atoms with Crippen LogP contribution in [-0.4, -0.2) is 246 Å². The highest BCUT2D eigenvalue weighted by Gasteiger charge is 2.25. The van der Waals surface area contributed by atoms with Gasteiger partial charge in [-0.15, -0.1) is 23.2 Å². The average Bonchev–Trinajstić information content (AvgIpc) is 2.09. The molecule has 10 N–H and O–H groups in total. The predicted molar refractivity (Wildman–Crippen MR) is 311 cm³/mol. The number of likely N-dealkylation sites (N-methyl/N-ethyl adjacent to an activating group) is 1. The normalized spacial score (nSPS) is 16.7. The quantitative estimate of drug-likeness (QED) is 0.0415. The summed E-state index contributed by atoms with van der Waals surface area (Å²) in [5, 5.41) is 50.0. The number of nitrogens with zero attached hydrogens (tertiary/aromatic N) is 10. The lowest BCUT2D eigenvalue weighted by Crippen LogP contribution is -2.46. The van der Waals surface area contributed by atoms with Gasteiger partial charge in [0.1, 0.15) is 72.1 Å². The number of ether oxygens (including phenoxy) is 5. The molecule has 0 unspecified atom stereocenters. The molecule has 29 nitrogen and oxygen atoms in total. The van der Waals surface area contributed by atoms with Gasteiger partial charge < -0.3 is 75.8 Å². The molecule has 9 rings (SSSR count). The Bertz CT molecular complexity index is 3010. The summed E-state index contributed by atoms with van der Waals surface area (Å²) in [5.74, 6) is -0.231. The first kappa shape index (κ1) is 73.5. The summed E-state index contributed by atoms with van der Waals surface area (Å²) in [6.45, 7) is 1.55. The van der Waals surface area contributed by atoms with E-state index in [1.54, 1.807) is 67.3 Å². The molecule has 3 aliphatic heterocycles. The van der Waals surface area contributed by atoms with E-state index in [0.717, 1.165) is 0 Å². The summed E-state index contributed by atoms with van der Waals surface area (Å²) >= 11 is 38.0. The number of aromatic nitrogens is 9. The molecule has 0 bridgehead atoms. The summed E-state index contributed by atoms with van der Waals surface area (Å²) < 4.78 is 42.4. The maximum absolute atomic E-state index is 11.3. The van der Waals surface area contributed by atoms with Crippen molar-refractivity contribution >= 4 is 143 Å². The van der Waals surface area contributed by atoms with Crippen LogP contribution in [0.1, 0.15) is 1.37 Å². The van der Waals surface area contributed by atoms with Gasteiger partial charge in [0.2, 0.25) is 40.6 Å². The highest BCUT2D eigenvalue weighted by atomic mass is 35.5. The highest BCUT2D eigenvalue weighted by molar-refractivity contribution is 6.67. The zero-order valence-corrected chi connectivity index (χ0v) is 50.1. The summed E-state index contributed by atoms with van der Waals surface area (Å²) in [6, 6.07) is 4.87. The molecule has 0 saturated carbocycles. The molecule has 6 aromatic heterocycles. The van der Waals surface area contributed by atoms with Crippen LogP contribution in [0, 0.1) is 0 Å². The Labute approximate surface area is 520 Å². The molecular formula is C48H60Cl7FN14O15. The molecule has 85 heavy (non-hydrogen) atoms. The number of fused-ring (bicyclic) bond motifs is 3. The standard InChI is InChI=1S/C13H13ClN4O3.C12H11ClN4O3.C7H3Cl2N3.C5H10ClNO3.C5H9NO3.C3H9NO2.C2H2Cl2O.CH3F/c1-18-5-8(20-7-11(18)19)6-21-13-12-9(4-10(14)17-13)15-2-3-16-12;13-9-3-8-11(15-2-1-14-8)12(17-9)20-5-7-4-16-10(18)6-19-7;8-5-3-4-6(7(9)12-5)11-2-1-10-4;6-1-5(10)7-2-4(9)3-8;7-2-4-1-6-5(8)3-9-4;4-1-3(6)2-5;3-1-2(4)5;1-2/h2-4,8H,5-7H2,1H3;1-3,7H,4-6H2,(H,16,18);1-3H;4,8-9H,1-3H2,(H,7,10);4,7H,1-3H2,(H,6,8);3,5-6H,1-2,4H2;1H2;1H3/t8-;7-;;2*4-;3-;;/m00.000../s1/i;;;;;;;1D. The third kappa shape index (κ3) is 29.9. The monoisotopic (exact) mass is 1340 g/mol. The molecule has 3 fully saturated rings. The second-order valence-corrected chi connectivity index (χ2v) is 18.8. The summed E-state index contributed by atoms with van der Waals surface area (Å²) in [7, 11) is 0.733. The highest BCUT2D eigenvalue weighted by Crippen LogP contribution is 2.25. The number of hydrogen-bond donors (Lipinski definition) is 9. The molecule has 4 amide bonds. The van der Waals surface area contributed by atoms with E-state index in [1.807, 2.05) is 0 Å². The van der Waals surface area contributed by atoms with Crippen LogP contribution in [0.3, 0.4) is 0 Å². The molecule has 0 aromatic carbocycles. The molecule has 9 heterocycles. The van der Waals surface area contributed by atoms with Crippen molar-refractivity contribution in [1.82, 2.24) is 65.7 Å². The van der Waals surface area contributed by atoms with E-state index >= 15 is 0 Å². The molecule has 0 radical (unpaired) electrons. The number of alkyl halides is 3. The minimum absolute atomic E-state index is 0.0275. The minimum Gasteiger partial charge on any atom is -0.473 e. The van der Waals surface area contributed by atoms with E-state index in [4.69, 9.17) is 138 Å². The van der Waals surface area contributed by atoms with Gasteiger partial charge in [-0.3, -0.25) is 43.3 Å². The van der Waals surface area contributed by atoms with Crippen LogP contribution >= 0.6 is 81.2 Å². The number of pyridine rings is 3. The van der Waals surface area contributed by atoms with Crippen molar-refractivity contribution in [3.63, 3.8) is 0 Å². The molecule has 5 atom stereocenters. The second kappa shape index (κ2) is 42.9. The van der Waals surface area contributed by atoms with E-state index < -0.39 is 24.6 Å². The third-order valence-corrected chi connectivity index (χ3v) is 11.5. The van der Waals surface area contributed by atoms with E-state index in [-0.39, 0.29) is 135 Å². The van der Waals surface area contributed by atoms with Crippen LogP contribution < -0.4 is 31.2 Å². The summed E-state index contributed by atoms with van der Waals surface area (Å²) in [6.07, 6.45) is 7.14. The minimum atomic E-state index is -1.00. The first-order valence-electron chi connectivity index (χ1n) is 25.0. The fraction of sp³-hybridized carbons (Fsp3) is 0.458. The average molecular weight is 1340 g/mol. The number of carbonyl (C=O) groups is 5. The number of halogens is 8. The van der Waals surface area contributed by atoms with E-state index in [1.165, 1.54) is 0 Å².